The molecule has 0 fully saturated rings. The summed E-state index contributed by atoms with van der Waals surface area (Å²) < 4.78 is 0. The SMILES string of the molecule is N=c1cc[n-]c(=O)[nH]1.[Na+]. The van der Waals surface area contributed by atoms with Gasteiger partial charge in [0.1, 0.15) is 0 Å². The summed E-state index contributed by atoms with van der Waals surface area (Å²) in [5.41, 5.74) is -0.387. The fourth-order valence-corrected chi connectivity index (χ4v) is 0.369. The third-order valence-corrected chi connectivity index (χ3v) is 0.675. The van der Waals surface area contributed by atoms with Crippen LogP contribution < -0.4 is 45.7 Å². The Kier molecular flexibility index (Phi) is 3.53. The van der Waals surface area contributed by atoms with Crippen molar-refractivity contribution >= 4 is 0 Å². The van der Waals surface area contributed by atoms with E-state index in [-0.39, 0.29) is 35.0 Å². The summed E-state index contributed by atoms with van der Waals surface area (Å²) >= 11 is 0. The molecular weight excluding hydrogens is 129 g/mol. The molecule has 4 nitrogen and oxygen atoms in total. The van der Waals surface area contributed by atoms with Crippen molar-refractivity contribution in [3.05, 3.63) is 28.2 Å². The largest absolute Gasteiger partial charge is 1.00 e. The van der Waals surface area contributed by atoms with E-state index in [9.17, 15) is 4.79 Å². The topological polar surface area (TPSA) is 70.8 Å². The van der Waals surface area contributed by atoms with Crippen LogP contribution in [0.3, 0.4) is 0 Å². The number of aromatic nitrogens is 2. The Balaban J connectivity index is 0.000000640. The van der Waals surface area contributed by atoms with Crippen molar-refractivity contribution in [2.75, 3.05) is 0 Å². The molecule has 5 heteroatoms. The average molecular weight is 133 g/mol. The first-order valence-electron chi connectivity index (χ1n) is 2.06. The molecule has 1 heterocycles. The Hall–Kier alpha value is -0.320. The molecule has 0 aliphatic carbocycles. The molecular formula is C4H4N3NaO. The Morgan fingerprint density at radius 2 is 2.33 bits per heavy atom. The van der Waals surface area contributed by atoms with E-state index in [0.717, 1.165) is 0 Å². The monoisotopic (exact) mass is 133 g/mol. The van der Waals surface area contributed by atoms with Gasteiger partial charge in [0.25, 0.3) is 0 Å². The zero-order valence-electron chi connectivity index (χ0n) is 5.01. The van der Waals surface area contributed by atoms with Gasteiger partial charge < -0.3 is 15.4 Å². The van der Waals surface area contributed by atoms with E-state index in [1.165, 1.54) is 12.3 Å². The Bertz CT molecular complexity index is 250. The summed E-state index contributed by atoms with van der Waals surface area (Å²) in [7, 11) is 0. The van der Waals surface area contributed by atoms with Gasteiger partial charge in [0.15, 0.2) is 5.69 Å². The Morgan fingerprint density at radius 3 is 2.67 bits per heavy atom. The van der Waals surface area contributed by atoms with E-state index in [0.29, 0.717) is 0 Å². The van der Waals surface area contributed by atoms with E-state index < -0.39 is 5.69 Å². The first kappa shape index (κ1) is 8.68. The van der Waals surface area contributed by atoms with Crippen molar-refractivity contribution in [1.29, 1.82) is 5.41 Å². The molecule has 0 spiro atoms. The van der Waals surface area contributed by atoms with Crippen LogP contribution in [0, 0.1) is 5.41 Å². The summed E-state index contributed by atoms with van der Waals surface area (Å²) in [6.45, 7) is 0. The number of rotatable bonds is 0. The Labute approximate surface area is 73.1 Å². The number of hydrogen-bond acceptors (Lipinski definition) is 2. The van der Waals surface area contributed by atoms with Gasteiger partial charge in [-0.3, -0.25) is 4.79 Å². The van der Waals surface area contributed by atoms with E-state index in [1.54, 1.807) is 0 Å². The molecule has 1 aromatic heterocycles. The van der Waals surface area contributed by atoms with Crippen molar-refractivity contribution in [3.8, 4) is 0 Å². The van der Waals surface area contributed by atoms with Crippen LogP contribution in [-0.2, 0) is 0 Å². The second-order valence-electron chi connectivity index (χ2n) is 1.29. The first-order valence-corrected chi connectivity index (χ1v) is 2.06. The second kappa shape index (κ2) is 3.66. The number of hydrogen-bond donors (Lipinski definition) is 2. The van der Waals surface area contributed by atoms with Gasteiger partial charge >= 0.3 is 29.6 Å². The van der Waals surface area contributed by atoms with E-state index in [2.05, 4.69) is 9.97 Å². The molecule has 0 saturated heterocycles. The molecule has 0 aliphatic rings. The minimum atomic E-state index is -0.475. The summed E-state index contributed by atoms with van der Waals surface area (Å²) in [5.74, 6) is 0. The maximum atomic E-state index is 10.2. The van der Waals surface area contributed by atoms with E-state index >= 15 is 0 Å². The van der Waals surface area contributed by atoms with Crippen LogP contribution in [0.1, 0.15) is 0 Å². The van der Waals surface area contributed by atoms with Crippen molar-refractivity contribution in [2.45, 2.75) is 0 Å². The maximum Gasteiger partial charge on any atom is 1.00 e. The molecule has 2 N–H and O–H groups in total. The Morgan fingerprint density at radius 1 is 1.67 bits per heavy atom. The standard InChI is InChI=1S/C4H5N3O.Na/c5-3-1-2-6-4(8)7-3;/h1-2H,(H3,5,6,7,8);/q;+1/p-1. The van der Waals surface area contributed by atoms with Gasteiger partial charge in [0.05, 0.1) is 0 Å². The van der Waals surface area contributed by atoms with Crippen LogP contribution >= 0.6 is 0 Å². The minimum Gasteiger partial charge on any atom is -0.410 e. The average Bonchev–Trinajstić information content (AvgIpc) is 1.64. The van der Waals surface area contributed by atoms with Crippen molar-refractivity contribution in [3.63, 3.8) is 0 Å². The maximum absolute atomic E-state index is 10.2. The number of nitrogens with zero attached hydrogens (tertiary/aromatic N) is 1. The van der Waals surface area contributed by atoms with Crippen molar-refractivity contribution < 1.29 is 29.6 Å². The molecule has 0 atom stereocenters. The zero-order valence-corrected chi connectivity index (χ0v) is 7.01. The van der Waals surface area contributed by atoms with Crippen LogP contribution in [0.25, 0.3) is 0 Å². The van der Waals surface area contributed by atoms with Crippen LogP contribution in [0.2, 0.25) is 0 Å². The molecule has 0 bridgehead atoms. The van der Waals surface area contributed by atoms with Gasteiger partial charge in [0.2, 0.25) is 0 Å². The van der Waals surface area contributed by atoms with E-state index in [1.807, 2.05) is 0 Å². The predicted molar refractivity (Wildman–Crippen MR) is 26.2 cm³/mol. The van der Waals surface area contributed by atoms with Gasteiger partial charge in [-0.2, -0.15) is 0 Å². The normalized spacial score (nSPS) is 8.00. The summed E-state index contributed by atoms with van der Waals surface area (Å²) in [4.78, 5) is 15.7. The molecule has 42 valence electrons. The quantitative estimate of drug-likeness (QED) is 0.352. The second-order valence-corrected chi connectivity index (χ2v) is 1.29. The van der Waals surface area contributed by atoms with Crippen LogP contribution in [0.15, 0.2) is 17.1 Å². The zero-order chi connectivity index (χ0) is 5.98. The molecule has 0 unspecified atom stereocenters. The molecule has 0 saturated carbocycles. The smallest absolute Gasteiger partial charge is 0.410 e. The first-order chi connectivity index (χ1) is 3.79. The number of aromatic amines is 1. The van der Waals surface area contributed by atoms with Gasteiger partial charge in [-0.15, -0.1) is 0 Å². The molecule has 0 radical (unpaired) electrons. The van der Waals surface area contributed by atoms with Crippen molar-refractivity contribution in [2.24, 2.45) is 0 Å². The summed E-state index contributed by atoms with van der Waals surface area (Å²) in [5, 5.41) is 6.84. The van der Waals surface area contributed by atoms with Gasteiger partial charge in [-0.25, -0.2) is 0 Å². The predicted octanol–water partition coefficient (Wildman–Crippen LogP) is -4.18. The summed E-state index contributed by atoms with van der Waals surface area (Å²) in [6.07, 6.45) is 1.29. The minimum absolute atomic E-state index is 0. The van der Waals surface area contributed by atoms with Crippen LogP contribution in [-0.4, -0.2) is 4.98 Å². The third kappa shape index (κ3) is 2.64. The summed E-state index contributed by atoms with van der Waals surface area (Å²) in [6, 6.07) is 1.40. The number of H-pyrrole nitrogens is 1. The molecule has 0 amide bonds. The molecule has 1 aromatic rings. The van der Waals surface area contributed by atoms with Gasteiger partial charge in [0, 0.05) is 5.49 Å². The number of nitrogens with one attached hydrogen (secondary N) is 2. The van der Waals surface area contributed by atoms with Crippen molar-refractivity contribution in [1.82, 2.24) is 9.97 Å². The van der Waals surface area contributed by atoms with Crippen LogP contribution in [0.4, 0.5) is 0 Å². The molecule has 0 aromatic carbocycles. The molecule has 1 rings (SSSR count). The fraction of sp³-hybridized carbons (Fsp3) is 0. The fourth-order valence-electron chi connectivity index (χ4n) is 0.369. The van der Waals surface area contributed by atoms with Gasteiger partial charge in [-0.1, -0.05) is 6.20 Å². The van der Waals surface area contributed by atoms with E-state index in [4.69, 9.17) is 5.41 Å². The molecule has 0 aliphatic heterocycles. The van der Waals surface area contributed by atoms with Crippen LogP contribution in [0.5, 0.6) is 0 Å². The molecule has 9 heavy (non-hydrogen) atoms. The third-order valence-electron chi connectivity index (χ3n) is 0.675. The van der Waals surface area contributed by atoms with Gasteiger partial charge in [-0.05, 0) is 6.07 Å².